The summed E-state index contributed by atoms with van der Waals surface area (Å²) in [5.74, 6) is 0.437. The summed E-state index contributed by atoms with van der Waals surface area (Å²) in [6.07, 6.45) is 17.7. The van der Waals surface area contributed by atoms with Gasteiger partial charge < -0.3 is 0 Å². The fourth-order valence-electron chi connectivity index (χ4n) is 4.70. The van der Waals surface area contributed by atoms with Crippen LogP contribution in [0.3, 0.4) is 0 Å². The number of hydrogen-bond donors (Lipinski definition) is 0. The molecule has 1 atom stereocenters. The Morgan fingerprint density at radius 1 is 0.939 bits per heavy atom. The summed E-state index contributed by atoms with van der Waals surface area (Å²) in [6.45, 7) is 12.7. The zero-order valence-electron chi connectivity index (χ0n) is 20.0. The standard InChI is InChI=1S/C33H34/c1-24(2)28-19-21-29(22-20-28)32-18-15-27(23-32)10-8-9-25(3)13-16-31-17-14-26(4)33(31)30-11-6-5-7-12-30/h5-8,10-12,14-15,17-22,33H,1,3,9,13,16,23H2,2,4H3/b10-8+. The molecular formula is C33H34. The van der Waals surface area contributed by atoms with Gasteiger partial charge >= 0.3 is 0 Å². The molecule has 0 heterocycles. The Labute approximate surface area is 199 Å². The highest BCUT2D eigenvalue weighted by atomic mass is 14.3. The molecule has 0 saturated heterocycles. The van der Waals surface area contributed by atoms with Gasteiger partial charge in [-0.2, -0.15) is 0 Å². The van der Waals surface area contributed by atoms with Gasteiger partial charge in [-0.3, -0.25) is 0 Å². The molecule has 2 aliphatic carbocycles. The highest BCUT2D eigenvalue weighted by molar-refractivity contribution is 5.74. The molecule has 0 aliphatic heterocycles. The minimum atomic E-state index is 0.437. The largest absolute Gasteiger partial charge is 0.0995 e. The van der Waals surface area contributed by atoms with Crippen molar-refractivity contribution >= 4 is 11.1 Å². The molecule has 0 heteroatoms. The normalized spacial score (nSPS) is 17.6. The third-order valence-electron chi connectivity index (χ3n) is 6.67. The summed E-state index contributed by atoms with van der Waals surface area (Å²) in [7, 11) is 0. The summed E-state index contributed by atoms with van der Waals surface area (Å²) in [5.41, 5.74) is 12.0. The van der Waals surface area contributed by atoms with Crippen molar-refractivity contribution in [3.05, 3.63) is 143 Å². The van der Waals surface area contributed by atoms with E-state index in [1.807, 2.05) is 6.92 Å². The minimum absolute atomic E-state index is 0.437. The summed E-state index contributed by atoms with van der Waals surface area (Å²) < 4.78 is 0. The molecule has 0 spiro atoms. The van der Waals surface area contributed by atoms with E-state index in [1.165, 1.54) is 44.6 Å². The van der Waals surface area contributed by atoms with Crippen LogP contribution in [0.5, 0.6) is 0 Å². The van der Waals surface area contributed by atoms with Crippen molar-refractivity contribution in [2.24, 2.45) is 0 Å². The van der Waals surface area contributed by atoms with E-state index < -0.39 is 0 Å². The molecule has 1 unspecified atom stereocenters. The van der Waals surface area contributed by atoms with Crippen LogP contribution >= 0.6 is 0 Å². The lowest BCUT2D eigenvalue weighted by Gasteiger charge is -2.18. The number of allylic oxidation sites excluding steroid dienone is 12. The quantitative estimate of drug-likeness (QED) is 0.348. The Bertz CT molecular complexity index is 1170. The number of benzene rings is 2. The van der Waals surface area contributed by atoms with Gasteiger partial charge in [-0.25, -0.2) is 0 Å². The highest BCUT2D eigenvalue weighted by Gasteiger charge is 2.21. The summed E-state index contributed by atoms with van der Waals surface area (Å²) in [4.78, 5) is 0. The summed E-state index contributed by atoms with van der Waals surface area (Å²) in [6, 6.07) is 19.6. The van der Waals surface area contributed by atoms with E-state index >= 15 is 0 Å². The van der Waals surface area contributed by atoms with Crippen molar-refractivity contribution in [2.75, 3.05) is 0 Å². The molecule has 0 bridgehead atoms. The van der Waals surface area contributed by atoms with E-state index in [4.69, 9.17) is 0 Å². The molecule has 2 aromatic rings. The smallest absolute Gasteiger partial charge is 0.0261 e. The van der Waals surface area contributed by atoms with Crippen LogP contribution in [0.25, 0.3) is 11.1 Å². The Kier molecular flexibility index (Phi) is 7.25. The maximum Gasteiger partial charge on any atom is 0.0261 e. The molecule has 33 heavy (non-hydrogen) atoms. The zero-order chi connectivity index (χ0) is 23.2. The zero-order valence-corrected chi connectivity index (χ0v) is 20.0. The molecule has 4 rings (SSSR count). The molecular weight excluding hydrogens is 396 g/mol. The first-order chi connectivity index (χ1) is 16.0. The van der Waals surface area contributed by atoms with Gasteiger partial charge in [0.2, 0.25) is 0 Å². The van der Waals surface area contributed by atoms with Crippen molar-refractivity contribution in [3.63, 3.8) is 0 Å². The molecule has 0 amide bonds. The van der Waals surface area contributed by atoms with Gasteiger partial charge in [-0.1, -0.05) is 127 Å². The first-order valence-corrected chi connectivity index (χ1v) is 11.9. The molecule has 2 aromatic carbocycles. The predicted molar refractivity (Wildman–Crippen MR) is 145 cm³/mol. The first-order valence-electron chi connectivity index (χ1n) is 11.9. The van der Waals surface area contributed by atoms with Crippen LogP contribution in [0.1, 0.15) is 62.1 Å². The van der Waals surface area contributed by atoms with Crippen LogP contribution < -0.4 is 0 Å². The van der Waals surface area contributed by atoms with E-state index in [0.717, 1.165) is 31.3 Å². The van der Waals surface area contributed by atoms with Crippen molar-refractivity contribution in [2.45, 2.75) is 45.4 Å². The van der Waals surface area contributed by atoms with Gasteiger partial charge in [0.25, 0.3) is 0 Å². The third-order valence-corrected chi connectivity index (χ3v) is 6.67. The van der Waals surface area contributed by atoms with Gasteiger partial charge in [-0.05, 0) is 67.4 Å². The van der Waals surface area contributed by atoms with Gasteiger partial charge in [0.05, 0.1) is 0 Å². The topological polar surface area (TPSA) is 0 Å². The molecule has 166 valence electrons. The van der Waals surface area contributed by atoms with E-state index in [9.17, 15) is 0 Å². The Morgan fingerprint density at radius 2 is 1.70 bits per heavy atom. The summed E-state index contributed by atoms with van der Waals surface area (Å²) >= 11 is 0. The molecule has 0 N–H and O–H groups in total. The van der Waals surface area contributed by atoms with Crippen LogP contribution in [0.15, 0.2) is 127 Å². The average Bonchev–Trinajstić information content (AvgIpc) is 3.45. The second-order valence-corrected chi connectivity index (χ2v) is 9.32. The molecule has 0 saturated carbocycles. The summed E-state index contributed by atoms with van der Waals surface area (Å²) in [5, 5.41) is 0. The average molecular weight is 431 g/mol. The van der Waals surface area contributed by atoms with Gasteiger partial charge in [-0.15, -0.1) is 0 Å². The predicted octanol–water partition coefficient (Wildman–Crippen LogP) is 9.39. The van der Waals surface area contributed by atoms with Crippen molar-refractivity contribution < 1.29 is 0 Å². The van der Waals surface area contributed by atoms with Crippen LogP contribution in [-0.4, -0.2) is 0 Å². The van der Waals surface area contributed by atoms with E-state index in [-0.39, 0.29) is 0 Å². The van der Waals surface area contributed by atoms with Crippen molar-refractivity contribution in [3.8, 4) is 0 Å². The fraction of sp³-hybridized carbons (Fsp3) is 0.212. The Balaban J connectivity index is 1.24. The highest BCUT2D eigenvalue weighted by Crippen LogP contribution is 2.39. The van der Waals surface area contributed by atoms with Crippen LogP contribution in [0.4, 0.5) is 0 Å². The minimum Gasteiger partial charge on any atom is -0.0995 e. The van der Waals surface area contributed by atoms with Crippen molar-refractivity contribution in [1.29, 1.82) is 0 Å². The van der Waals surface area contributed by atoms with E-state index in [2.05, 4.69) is 111 Å². The molecule has 0 aromatic heterocycles. The fourth-order valence-corrected chi connectivity index (χ4v) is 4.70. The lowest BCUT2D eigenvalue weighted by Crippen LogP contribution is -2.01. The monoisotopic (exact) mass is 430 g/mol. The second-order valence-electron chi connectivity index (χ2n) is 9.32. The lowest BCUT2D eigenvalue weighted by atomic mass is 9.86. The van der Waals surface area contributed by atoms with Gasteiger partial charge in [0, 0.05) is 5.92 Å². The molecule has 0 nitrogen and oxygen atoms in total. The molecule has 0 fully saturated rings. The van der Waals surface area contributed by atoms with Crippen LogP contribution in [0, 0.1) is 0 Å². The van der Waals surface area contributed by atoms with Gasteiger partial charge in [0.15, 0.2) is 0 Å². The van der Waals surface area contributed by atoms with E-state index in [1.54, 1.807) is 0 Å². The third kappa shape index (κ3) is 5.71. The number of rotatable bonds is 9. The Hall–Kier alpha value is -3.38. The number of hydrogen-bond acceptors (Lipinski definition) is 0. The molecule has 0 radical (unpaired) electrons. The maximum absolute atomic E-state index is 4.35. The first kappa shape index (κ1) is 22.8. The lowest BCUT2D eigenvalue weighted by molar-refractivity contribution is 0.816. The Morgan fingerprint density at radius 3 is 2.42 bits per heavy atom. The van der Waals surface area contributed by atoms with E-state index in [0.29, 0.717) is 5.92 Å². The van der Waals surface area contributed by atoms with Crippen molar-refractivity contribution in [1.82, 2.24) is 0 Å². The second kappa shape index (κ2) is 10.5. The van der Waals surface area contributed by atoms with Crippen LogP contribution in [-0.2, 0) is 0 Å². The van der Waals surface area contributed by atoms with Crippen LogP contribution in [0.2, 0.25) is 0 Å². The van der Waals surface area contributed by atoms with Gasteiger partial charge in [0.1, 0.15) is 0 Å². The molecule has 2 aliphatic rings. The maximum atomic E-state index is 4.35. The SMILES string of the molecule is C=C(C/C=C/C1=CC=C(c2ccc(C(=C)C)cc2)C1)CCC1=CC=C(C)C1c1ccccc1.